The van der Waals surface area contributed by atoms with Gasteiger partial charge in [-0.1, -0.05) is 18.2 Å². The van der Waals surface area contributed by atoms with Crippen molar-refractivity contribution < 1.29 is 19.1 Å². The second kappa shape index (κ2) is 9.47. The first-order valence-corrected chi connectivity index (χ1v) is 8.28. The van der Waals surface area contributed by atoms with Gasteiger partial charge >= 0.3 is 0 Å². The molecule has 0 bridgehead atoms. The van der Waals surface area contributed by atoms with E-state index in [9.17, 15) is 9.59 Å². The van der Waals surface area contributed by atoms with E-state index < -0.39 is 0 Å². The van der Waals surface area contributed by atoms with Crippen LogP contribution in [-0.2, 0) is 11.3 Å². The van der Waals surface area contributed by atoms with Gasteiger partial charge in [-0.25, -0.2) is 0 Å². The zero-order chi connectivity index (χ0) is 18.1. The van der Waals surface area contributed by atoms with Gasteiger partial charge in [-0.3, -0.25) is 9.59 Å². The standard InChI is InChI=1S/C20H23NO4/c1-3-25-17-10-8-15(9-11-17)18(22)12-13-20(23)21-14-16-6-4-5-7-19(16)24-2/h4-11H,3,12-14H2,1-2H3,(H,21,23). The minimum Gasteiger partial charge on any atom is -0.496 e. The maximum Gasteiger partial charge on any atom is 0.220 e. The molecule has 132 valence electrons. The number of carbonyl (C=O) groups is 2. The molecule has 2 aromatic rings. The number of methoxy groups -OCH3 is 1. The lowest BCUT2D eigenvalue weighted by atomic mass is 10.1. The maximum absolute atomic E-state index is 12.2. The highest BCUT2D eigenvalue weighted by Gasteiger charge is 2.10. The zero-order valence-electron chi connectivity index (χ0n) is 14.6. The van der Waals surface area contributed by atoms with Crippen LogP contribution in [0.3, 0.4) is 0 Å². The molecule has 5 nitrogen and oxygen atoms in total. The van der Waals surface area contributed by atoms with Gasteiger partial charge in [0.2, 0.25) is 5.91 Å². The van der Waals surface area contributed by atoms with Crippen LogP contribution in [0.25, 0.3) is 0 Å². The van der Waals surface area contributed by atoms with Gasteiger partial charge in [-0.05, 0) is 37.3 Å². The van der Waals surface area contributed by atoms with Crippen LogP contribution in [0, 0.1) is 0 Å². The van der Waals surface area contributed by atoms with Gasteiger partial charge in [0.15, 0.2) is 5.78 Å². The Balaban J connectivity index is 1.80. The predicted molar refractivity (Wildman–Crippen MR) is 96.0 cm³/mol. The second-order valence-electron chi connectivity index (χ2n) is 5.47. The number of amides is 1. The molecule has 1 N–H and O–H groups in total. The summed E-state index contributed by atoms with van der Waals surface area (Å²) in [6.45, 7) is 2.86. The number of hydrogen-bond acceptors (Lipinski definition) is 4. The van der Waals surface area contributed by atoms with Crippen LogP contribution in [-0.4, -0.2) is 25.4 Å². The van der Waals surface area contributed by atoms with Crippen molar-refractivity contribution in [2.24, 2.45) is 0 Å². The van der Waals surface area contributed by atoms with Crippen molar-refractivity contribution in [3.63, 3.8) is 0 Å². The molecule has 0 spiro atoms. The zero-order valence-corrected chi connectivity index (χ0v) is 14.6. The summed E-state index contributed by atoms with van der Waals surface area (Å²) in [6.07, 6.45) is 0.326. The van der Waals surface area contributed by atoms with E-state index >= 15 is 0 Å². The quantitative estimate of drug-likeness (QED) is 0.710. The average Bonchev–Trinajstić information content (AvgIpc) is 2.65. The Hall–Kier alpha value is -2.82. The van der Waals surface area contributed by atoms with Crippen molar-refractivity contribution in [3.05, 3.63) is 59.7 Å². The third kappa shape index (κ3) is 5.64. The number of hydrogen-bond donors (Lipinski definition) is 1. The van der Waals surface area contributed by atoms with Crippen LogP contribution in [0.1, 0.15) is 35.7 Å². The average molecular weight is 341 g/mol. The molecule has 0 heterocycles. The van der Waals surface area contributed by atoms with E-state index in [1.54, 1.807) is 31.4 Å². The van der Waals surface area contributed by atoms with Gasteiger partial charge in [0.25, 0.3) is 0 Å². The van der Waals surface area contributed by atoms with E-state index in [0.29, 0.717) is 18.7 Å². The van der Waals surface area contributed by atoms with E-state index in [-0.39, 0.29) is 24.5 Å². The van der Waals surface area contributed by atoms with E-state index in [4.69, 9.17) is 9.47 Å². The van der Waals surface area contributed by atoms with Crippen molar-refractivity contribution in [2.75, 3.05) is 13.7 Å². The van der Waals surface area contributed by atoms with E-state index in [0.717, 1.165) is 17.1 Å². The first-order valence-electron chi connectivity index (χ1n) is 8.28. The van der Waals surface area contributed by atoms with Gasteiger partial charge in [0, 0.05) is 30.5 Å². The van der Waals surface area contributed by atoms with Crippen molar-refractivity contribution in [2.45, 2.75) is 26.3 Å². The summed E-state index contributed by atoms with van der Waals surface area (Å²) in [5.74, 6) is 1.24. The Labute approximate surface area is 148 Å². The highest BCUT2D eigenvalue weighted by molar-refractivity contribution is 5.98. The number of carbonyl (C=O) groups excluding carboxylic acids is 2. The molecule has 0 aliphatic carbocycles. The predicted octanol–water partition coefficient (Wildman–Crippen LogP) is 3.37. The number of ketones is 1. The molecule has 0 fully saturated rings. The molecule has 2 aromatic carbocycles. The fraction of sp³-hybridized carbons (Fsp3) is 0.300. The molecular weight excluding hydrogens is 318 g/mol. The Morgan fingerprint density at radius 2 is 1.72 bits per heavy atom. The minimum atomic E-state index is -0.162. The van der Waals surface area contributed by atoms with Gasteiger partial charge in [-0.2, -0.15) is 0 Å². The lowest BCUT2D eigenvalue weighted by Gasteiger charge is -2.09. The Morgan fingerprint density at radius 3 is 2.40 bits per heavy atom. The van der Waals surface area contributed by atoms with Crippen LogP contribution in [0.15, 0.2) is 48.5 Å². The fourth-order valence-corrected chi connectivity index (χ4v) is 2.41. The Bertz CT molecular complexity index is 710. The first-order chi connectivity index (χ1) is 12.1. The van der Waals surface area contributed by atoms with Crippen LogP contribution in [0.2, 0.25) is 0 Å². The molecule has 0 radical (unpaired) electrons. The van der Waals surface area contributed by atoms with Gasteiger partial charge in [-0.15, -0.1) is 0 Å². The van der Waals surface area contributed by atoms with Crippen LogP contribution in [0.4, 0.5) is 0 Å². The summed E-state index contributed by atoms with van der Waals surface area (Å²) >= 11 is 0. The van der Waals surface area contributed by atoms with Crippen LogP contribution in [0.5, 0.6) is 11.5 Å². The third-order valence-electron chi connectivity index (χ3n) is 3.73. The number of para-hydroxylation sites is 1. The molecule has 5 heteroatoms. The van der Waals surface area contributed by atoms with Crippen molar-refractivity contribution >= 4 is 11.7 Å². The number of nitrogens with one attached hydrogen (secondary N) is 1. The number of ether oxygens (including phenoxy) is 2. The summed E-state index contributed by atoms with van der Waals surface area (Å²) in [5, 5.41) is 2.82. The van der Waals surface area contributed by atoms with Crippen molar-refractivity contribution in [1.29, 1.82) is 0 Å². The van der Waals surface area contributed by atoms with E-state index in [1.807, 2.05) is 31.2 Å². The van der Waals surface area contributed by atoms with E-state index in [1.165, 1.54) is 0 Å². The largest absolute Gasteiger partial charge is 0.496 e. The molecule has 0 unspecified atom stereocenters. The minimum absolute atomic E-state index is 0.0597. The molecule has 25 heavy (non-hydrogen) atoms. The summed E-state index contributed by atoms with van der Waals surface area (Å²) in [7, 11) is 1.59. The molecule has 1 amide bonds. The topological polar surface area (TPSA) is 64.6 Å². The molecule has 0 aliphatic heterocycles. The molecular formula is C20H23NO4. The van der Waals surface area contributed by atoms with Crippen LogP contribution >= 0.6 is 0 Å². The second-order valence-corrected chi connectivity index (χ2v) is 5.47. The molecule has 0 saturated heterocycles. The number of rotatable bonds is 9. The van der Waals surface area contributed by atoms with Crippen molar-refractivity contribution in [1.82, 2.24) is 5.32 Å². The molecule has 0 aromatic heterocycles. The number of Topliss-reactive ketones (excluding diaryl/α,β-unsaturated/α-hetero) is 1. The SMILES string of the molecule is CCOc1ccc(C(=O)CCC(=O)NCc2ccccc2OC)cc1. The fourth-order valence-electron chi connectivity index (χ4n) is 2.41. The lowest BCUT2D eigenvalue weighted by molar-refractivity contribution is -0.121. The third-order valence-corrected chi connectivity index (χ3v) is 3.73. The Kier molecular flexibility index (Phi) is 7.01. The van der Waals surface area contributed by atoms with Gasteiger partial charge < -0.3 is 14.8 Å². The molecule has 0 atom stereocenters. The van der Waals surface area contributed by atoms with Gasteiger partial charge in [0.1, 0.15) is 11.5 Å². The van der Waals surface area contributed by atoms with E-state index in [2.05, 4.69) is 5.32 Å². The normalized spacial score (nSPS) is 10.2. The highest BCUT2D eigenvalue weighted by Crippen LogP contribution is 2.17. The summed E-state index contributed by atoms with van der Waals surface area (Å²) < 4.78 is 10.6. The monoisotopic (exact) mass is 341 g/mol. The molecule has 0 saturated carbocycles. The molecule has 2 rings (SSSR count). The maximum atomic E-state index is 12.2. The Morgan fingerprint density at radius 1 is 1.00 bits per heavy atom. The summed E-state index contributed by atoms with van der Waals surface area (Å²) in [6, 6.07) is 14.5. The molecule has 0 aliphatic rings. The smallest absolute Gasteiger partial charge is 0.220 e. The summed E-state index contributed by atoms with van der Waals surface area (Å²) in [4.78, 5) is 24.1. The lowest BCUT2D eigenvalue weighted by Crippen LogP contribution is -2.23. The number of benzene rings is 2. The summed E-state index contributed by atoms with van der Waals surface area (Å²) in [5.41, 5.74) is 1.48. The van der Waals surface area contributed by atoms with Crippen LogP contribution < -0.4 is 14.8 Å². The first kappa shape index (κ1) is 18.5. The van der Waals surface area contributed by atoms with Gasteiger partial charge in [0.05, 0.1) is 13.7 Å². The van der Waals surface area contributed by atoms with Crippen molar-refractivity contribution in [3.8, 4) is 11.5 Å². The highest BCUT2D eigenvalue weighted by atomic mass is 16.5.